The van der Waals surface area contributed by atoms with E-state index >= 15 is 0 Å². The van der Waals surface area contributed by atoms with Crippen molar-refractivity contribution < 1.29 is 8.78 Å². The number of thioether (sulfide) groups is 1. The maximum Gasteiger partial charge on any atom is 0.293 e. The van der Waals surface area contributed by atoms with Gasteiger partial charge in [-0.3, -0.25) is 0 Å². The summed E-state index contributed by atoms with van der Waals surface area (Å²) in [4.78, 5) is 0. The van der Waals surface area contributed by atoms with Gasteiger partial charge in [0.05, 0.1) is 0 Å². The molecule has 0 nitrogen and oxygen atoms in total. The molecule has 0 N–H and O–H groups in total. The summed E-state index contributed by atoms with van der Waals surface area (Å²) in [6, 6.07) is 9.73. The topological polar surface area (TPSA) is 0 Å². The van der Waals surface area contributed by atoms with E-state index in [9.17, 15) is 8.78 Å². The van der Waals surface area contributed by atoms with Crippen LogP contribution in [0, 0.1) is 0 Å². The fourth-order valence-electron chi connectivity index (χ4n) is 1.25. The summed E-state index contributed by atoms with van der Waals surface area (Å²) >= 11 is 0.629. The molecular formula is C11H14F2S. The molecule has 0 saturated carbocycles. The number of hydrogen-bond donors (Lipinski definition) is 0. The number of halogens is 2. The molecule has 0 amide bonds. The van der Waals surface area contributed by atoms with Crippen molar-refractivity contribution in [3.63, 3.8) is 0 Å². The Balaban J connectivity index is 2.29. The Hall–Kier alpha value is -0.570. The molecule has 0 aliphatic heterocycles. The fraction of sp³-hybridized carbons (Fsp3) is 0.455. The molecule has 0 aliphatic rings. The quantitative estimate of drug-likeness (QED) is 0.717. The highest BCUT2D eigenvalue weighted by Crippen LogP contribution is 2.31. The third-order valence-corrected chi connectivity index (χ3v) is 2.88. The highest BCUT2D eigenvalue weighted by molar-refractivity contribution is 7.99. The van der Waals surface area contributed by atoms with Crippen LogP contribution in [-0.2, 0) is 6.42 Å². The lowest BCUT2D eigenvalue weighted by atomic mass is 10.1. The normalized spacial score (nSPS) is 11.6. The predicted molar refractivity (Wildman–Crippen MR) is 57.8 cm³/mol. The van der Waals surface area contributed by atoms with Crippen LogP contribution in [-0.4, -0.2) is 11.5 Å². The van der Waals surface area contributed by atoms with E-state index < -0.39 is 5.25 Å². The molecule has 3 heteroatoms. The van der Waals surface area contributed by atoms with Crippen molar-refractivity contribution in [1.29, 1.82) is 0 Å². The van der Waals surface area contributed by atoms with Crippen LogP contribution < -0.4 is 0 Å². The van der Waals surface area contributed by atoms with Gasteiger partial charge < -0.3 is 0 Å². The minimum absolute atomic E-state index is 0.0386. The van der Waals surface area contributed by atoms with Gasteiger partial charge in [-0.15, -0.1) is 0 Å². The third kappa shape index (κ3) is 4.09. The largest absolute Gasteiger partial charge is 0.293 e. The smallest absolute Gasteiger partial charge is 0.194 e. The van der Waals surface area contributed by atoms with E-state index in [0.29, 0.717) is 18.2 Å². The van der Waals surface area contributed by atoms with E-state index in [0.717, 1.165) is 12.0 Å². The van der Waals surface area contributed by atoms with Gasteiger partial charge >= 0.3 is 0 Å². The van der Waals surface area contributed by atoms with Gasteiger partial charge in [0, 0.05) is 6.42 Å². The molecule has 0 bridgehead atoms. The highest BCUT2D eigenvalue weighted by Gasteiger charge is 2.25. The Bertz CT molecular complexity index is 259. The van der Waals surface area contributed by atoms with Gasteiger partial charge in [-0.2, -0.15) is 8.78 Å². The summed E-state index contributed by atoms with van der Waals surface area (Å²) in [6.07, 6.45) is 2.68. The lowest BCUT2D eigenvalue weighted by molar-refractivity contribution is 0.0937. The van der Waals surface area contributed by atoms with Crippen molar-refractivity contribution in [2.45, 2.75) is 24.5 Å². The van der Waals surface area contributed by atoms with Gasteiger partial charge in [-0.05, 0) is 24.7 Å². The standard InChI is InChI=1S/C11H14F2S/c1-14-11(12,13)9-5-8-10-6-3-2-4-7-10/h2-4,6-7H,5,8-9H2,1H3. The first kappa shape index (κ1) is 11.5. The van der Waals surface area contributed by atoms with E-state index in [1.807, 2.05) is 30.3 Å². The molecule has 0 spiro atoms. The maximum absolute atomic E-state index is 12.8. The zero-order valence-corrected chi connectivity index (χ0v) is 8.99. The van der Waals surface area contributed by atoms with Gasteiger partial charge in [-0.1, -0.05) is 42.1 Å². The van der Waals surface area contributed by atoms with Crippen molar-refractivity contribution in [1.82, 2.24) is 0 Å². The van der Waals surface area contributed by atoms with E-state index in [4.69, 9.17) is 0 Å². The molecule has 1 aromatic carbocycles. The summed E-state index contributed by atoms with van der Waals surface area (Å²) in [7, 11) is 0. The van der Waals surface area contributed by atoms with Crippen LogP contribution in [0.4, 0.5) is 8.78 Å². The Kier molecular flexibility index (Phi) is 4.39. The SMILES string of the molecule is CSC(F)(F)CCCc1ccccc1. The highest BCUT2D eigenvalue weighted by atomic mass is 32.2. The summed E-state index contributed by atoms with van der Waals surface area (Å²) in [5, 5.41) is -2.56. The van der Waals surface area contributed by atoms with Crippen LogP contribution in [0.2, 0.25) is 0 Å². The molecule has 0 aromatic heterocycles. The lowest BCUT2D eigenvalue weighted by Crippen LogP contribution is -2.09. The molecule has 14 heavy (non-hydrogen) atoms. The monoisotopic (exact) mass is 216 g/mol. The fourth-order valence-corrected chi connectivity index (χ4v) is 1.59. The second-order valence-electron chi connectivity index (χ2n) is 3.18. The van der Waals surface area contributed by atoms with Crippen molar-refractivity contribution in [3.05, 3.63) is 35.9 Å². The zero-order valence-electron chi connectivity index (χ0n) is 8.17. The van der Waals surface area contributed by atoms with Gasteiger partial charge in [0.2, 0.25) is 0 Å². The number of alkyl halides is 2. The molecule has 0 fully saturated rings. The maximum atomic E-state index is 12.8. The zero-order chi connectivity index (χ0) is 10.4. The van der Waals surface area contributed by atoms with Crippen LogP contribution in [0.5, 0.6) is 0 Å². The molecule has 1 aromatic rings. The van der Waals surface area contributed by atoms with Gasteiger partial charge in [0.25, 0.3) is 5.25 Å². The molecule has 0 aliphatic carbocycles. The third-order valence-electron chi connectivity index (χ3n) is 2.07. The number of rotatable bonds is 5. The van der Waals surface area contributed by atoms with Crippen LogP contribution in [0.3, 0.4) is 0 Å². The minimum atomic E-state index is -2.56. The van der Waals surface area contributed by atoms with Crippen molar-refractivity contribution in [2.24, 2.45) is 0 Å². The molecule has 1 rings (SSSR count). The summed E-state index contributed by atoms with van der Waals surface area (Å²) in [6.45, 7) is 0. The van der Waals surface area contributed by atoms with Gasteiger partial charge in [-0.25, -0.2) is 0 Å². The van der Waals surface area contributed by atoms with Crippen LogP contribution in [0.1, 0.15) is 18.4 Å². The van der Waals surface area contributed by atoms with Crippen LogP contribution in [0.15, 0.2) is 30.3 Å². The number of aryl methyl sites for hydroxylation is 1. The first-order valence-electron chi connectivity index (χ1n) is 4.61. The Morgan fingerprint density at radius 2 is 1.86 bits per heavy atom. The van der Waals surface area contributed by atoms with Crippen molar-refractivity contribution in [2.75, 3.05) is 6.26 Å². The predicted octanol–water partition coefficient (Wildman–Crippen LogP) is 3.97. The second-order valence-corrected chi connectivity index (χ2v) is 4.19. The Morgan fingerprint density at radius 3 is 2.43 bits per heavy atom. The molecule has 0 heterocycles. The van der Waals surface area contributed by atoms with Crippen molar-refractivity contribution in [3.8, 4) is 0 Å². The summed E-state index contributed by atoms with van der Waals surface area (Å²) in [5.74, 6) is 0. The first-order chi connectivity index (χ1) is 6.64. The van der Waals surface area contributed by atoms with E-state index in [1.54, 1.807) is 0 Å². The Labute approximate surface area is 87.7 Å². The minimum Gasteiger partial charge on any atom is -0.194 e. The molecule has 0 unspecified atom stereocenters. The van der Waals surface area contributed by atoms with Crippen LogP contribution in [0.25, 0.3) is 0 Å². The summed E-state index contributed by atoms with van der Waals surface area (Å²) in [5.41, 5.74) is 1.13. The van der Waals surface area contributed by atoms with E-state index in [2.05, 4.69) is 0 Å². The molecule has 78 valence electrons. The average molecular weight is 216 g/mol. The molecular weight excluding hydrogens is 202 g/mol. The van der Waals surface area contributed by atoms with E-state index in [-0.39, 0.29) is 6.42 Å². The molecule has 0 atom stereocenters. The first-order valence-corrected chi connectivity index (χ1v) is 5.83. The average Bonchev–Trinajstić information content (AvgIpc) is 2.19. The van der Waals surface area contributed by atoms with Crippen LogP contribution >= 0.6 is 11.8 Å². The van der Waals surface area contributed by atoms with E-state index in [1.165, 1.54) is 6.26 Å². The van der Waals surface area contributed by atoms with Gasteiger partial charge in [0.15, 0.2) is 0 Å². The summed E-state index contributed by atoms with van der Waals surface area (Å²) < 4.78 is 25.6. The number of hydrogen-bond acceptors (Lipinski definition) is 1. The van der Waals surface area contributed by atoms with Gasteiger partial charge in [0.1, 0.15) is 0 Å². The second kappa shape index (κ2) is 5.35. The molecule has 0 radical (unpaired) electrons. The van der Waals surface area contributed by atoms with Crippen molar-refractivity contribution >= 4 is 11.8 Å². The number of benzene rings is 1. The lowest BCUT2D eigenvalue weighted by Gasteiger charge is -2.12. The molecule has 0 saturated heterocycles. The Morgan fingerprint density at radius 1 is 1.21 bits per heavy atom.